The normalized spacial score (nSPS) is 26.0. The third kappa shape index (κ3) is 4.78. The van der Waals surface area contributed by atoms with Crippen LogP contribution in [0.3, 0.4) is 0 Å². The second-order valence-corrected chi connectivity index (χ2v) is 12.2. The number of ether oxygens (including phenoxy) is 1. The molecule has 0 aliphatic heterocycles. The highest BCUT2D eigenvalue weighted by molar-refractivity contribution is 6.00. The number of hydrogen-bond acceptors (Lipinski definition) is 2. The quantitative estimate of drug-likeness (QED) is 0.285. The SMILES string of the molecule is CCCCCCCOc1cccc(-c2ccc3ccc(C45CC6CC(CC(C6)C4)C5)cc3c2)c1C(=O)O. The third-order valence-corrected chi connectivity index (χ3v) is 9.55. The number of carboxylic acids is 1. The van der Waals surface area contributed by atoms with Crippen LogP contribution in [0.5, 0.6) is 5.75 Å². The maximum Gasteiger partial charge on any atom is 0.340 e. The molecule has 7 rings (SSSR count). The van der Waals surface area contributed by atoms with E-state index in [0.29, 0.717) is 17.8 Å². The van der Waals surface area contributed by atoms with Crippen molar-refractivity contribution in [1.82, 2.24) is 0 Å². The minimum atomic E-state index is -0.931. The van der Waals surface area contributed by atoms with Gasteiger partial charge in [-0.2, -0.15) is 0 Å². The first-order valence-corrected chi connectivity index (χ1v) is 14.6. The lowest BCUT2D eigenvalue weighted by atomic mass is 9.48. The Hall–Kier alpha value is -2.81. The molecule has 4 aliphatic rings. The average molecular weight is 497 g/mol. The number of hydrogen-bond donors (Lipinski definition) is 1. The zero-order chi connectivity index (χ0) is 25.4. The zero-order valence-electron chi connectivity index (χ0n) is 22.2. The van der Waals surface area contributed by atoms with Crippen molar-refractivity contribution in [3.05, 3.63) is 65.7 Å². The molecule has 3 aromatic rings. The van der Waals surface area contributed by atoms with Crippen LogP contribution in [0.25, 0.3) is 21.9 Å². The van der Waals surface area contributed by atoms with Crippen molar-refractivity contribution >= 4 is 16.7 Å². The first kappa shape index (κ1) is 24.5. The molecule has 3 heteroatoms. The fourth-order valence-corrected chi connectivity index (χ4v) is 8.21. The first-order valence-electron chi connectivity index (χ1n) is 14.6. The molecular weight excluding hydrogens is 456 g/mol. The van der Waals surface area contributed by atoms with Crippen molar-refractivity contribution in [2.24, 2.45) is 17.8 Å². The minimum absolute atomic E-state index is 0.271. The molecule has 1 N–H and O–H groups in total. The van der Waals surface area contributed by atoms with Gasteiger partial charge in [-0.05, 0) is 108 Å². The van der Waals surface area contributed by atoms with Gasteiger partial charge in [-0.3, -0.25) is 0 Å². The monoisotopic (exact) mass is 496 g/mol. The number of benzene rings is 3. The fraction of sp³-hybridized carbons (Fsp3) is 0.500. The summed E-state index contributed by atoms with van der Waals surface area (Å²) in [5, 5.41) is 12.6. The summed E-state index contributed by atoms with van der Waals surface area (Å²) >= 11 is 0. The number of unbranched alkanes of at least 4 members (excludes halogenated alkanes) is 4. The molecule has 0 heterocycles. The van der Waals surface area contributed by atoms with Crippen molar-refractivity contribution in [3.8, 4) is 16.9 Å². The van der Waals surface area contributed by atoms with Gasteiger partial charge in [0, 0.05) is 0 Å². The van der Waals surface area contributed by atoms with E-state index in [1.54, 1.807) is 6.07 Å². The molecule has 3 nitrogen and oxygen atoms in total. The van der Waals surface area contributed by atoms with Crippen LogP contribution in [0.2, 0.25) is 0 Å². The van der Waals surface area contributed by atoms with Crippen molar-refractivity contribution in [1.29, 1.82) is 0 Å². The van der Waals surface area contributed by atoms with Gasteiger partial charge >= 0.3 is 5.97 Å². The Morgan fingerprint density at radius 3 is 2.27 bits per heavy atom. The van der Waals surface area contributed by atoms with Crippen LogP contribution in [-0.4, -0.2) is 17.7 Å². The molecule has 0 saturated heterocycles. The molecule has 37 heavy (non-hydrogen) atoms. The summed E-state index contributed by atoms with van der Waals surface area (Å²) in [6, 6.07) is 19.1. The summed E-state index contributed by atoms with van der Waals surface area (Å²) in [7, 11) is 0. The van der Waals surface area contributed by atoms with Crippen LogP contribution in [0.4, 0.5) is 0 Å². The molecule has 0 unspecified atom stereocenters. The van der Waals surface area contributed by atoms with Crippen LogP contribution < -0.4 is 4.74 Å². The van der Waals surface area contributed by atoms with Gasteiger partial charge in [0.25, 0.3) is 0 Å². The highest BCUT2D eigenvalue weighted by Gasteiger charge is 2.51. The van der Waals surface area contributed by atoms with E-state index in [-0.39, 0.29) is 5.56 Å². The van der Waals surface area contributed by atoms with Gasteiger partial charge in [0.2, 0.25) is 0 Å². The van der Waals surface area contributed by atoms with Crippen LogP contribution >= 0.6 is 0 Å². The molecule has 0 atom stereocenters. The van der Waals surface area contributed by atoms with E-state index >= 15 is 0 Å². The Kier molecular flexibility index (Phi) is 6.73. The molecule has 4 bridgehead atoms. The number of fused-ring (bicyclic) bond motifs is 1. The van der Waals surface area contributed by atoms with Gasteiger partial charge in [0.15, 0.2) is 0 Å². The Bertz CT molecular complexity index is 1250. The lowest BCUT2D eigenvalue weighted by molar-refractivity contribution is -0.00513. The van der Waals surface area contributed by atoms with Crippen LogP contribution in [0.15, 0.2) is 54.6 Å². The molecule has 0 spiro atoms. The fourth-order valence-electron chi connectivity index (χ4n) is 8.21. The van der Waals surface area contributed by atoms with Crippen molar-refractivity contribution in [2.45, 2.75) is 83.0 Å². The smallest absolute Gasteiger partial charge is 0.340 e. The Labute approximate surface area is 221 Å². The number of rotatable bonds is 10. The first-order chi connectivity index (χ1) is 18.0. The summed E-state index contributed by atoms with van der Waals surface area (Å²) in [5.74, 6) is 2.30. The minimum Gasteiger partial charge on any atom is -0.493 e. The molecule has 194 valence electrons. The van der Waals surface area contributed by atoms with Gasteiger partial charge in [-0.15, -0.1) is 0 Å². The van der Waals surface area contributed by atoms with E-state index in [1.807, 2.05) is 12.1 Å². The lowest BCUT2D eigenvalue weighted by Gasteiger charge is -2.57. The Morgan fingerprint density at radius 2 is 1.57 bits per heavy atom. The molecule has 0 aromatic heterocycles. The maximum atomic E-state index is 12.4. The van der Waals surface area contributed by atoms with Gasteiger partial charge in [0.1, 0.15) is 11.3 Å². The van der Waals surface area contributed by atoms with Gasteiger partial charge in [-0.1, -0.05) is 75.1 Å². The molecular formula is C34H40O3. The summed E-state index contributed by atoms with van der Waals surface area (Å²) in [4.78, 5) is 12.4. The van der Waals surface area contributed by atoms with Crippen LogP contribution in [0, 0.1) is 17.8 Å². The molecule has 0 radical (unpaired) electrons. The number of aromatic carboxylic acids is 1. The number of carboxylic acid groups (broad SMARTS) is 1. The van der Waals surface area contributed by atoms with Crippen LogP contribution in [-0.2, 0) is 5.41 Å². The van der Waals surface area contributed by atoms with Crippen LogP contribution in [0.1, 0.15) is 93.5 Å². The largest absolute Gasteiger partial charge is 0.493 e. The summed E-state index contributed by atoms with van der Waals surface area (Å²) in [6.07, 6.45) is 14.1. The van der Waals surface area contributed by atoms with Crippen molar-refractivity contribution in [3.63, 3.8) is 0 Å². The number of carbonyl (C=O) groups is 1. The predicted octanol–water partition coefficient (Wildman–Crippen LogP) is 9.02. The van der Waals surface area contributed by atoms with E-state index in [0.717, 1.165) is 41.7 Å². The molecule has 3 aromatic carbocycles. The van der Waals surface area contributed by atoms with E-state index in [4.69, 9.17) is 4.74 Å². The Morgan fingerprint density at radius 1 is 0.865 bits per heavy atom. The Balaban J connectivity index is 1.29. The second-order valence-electron chi connectivity index (χ2n) is 12.2. The van der Waals surface area contributed by atoms with Gasteiger partial charge in [0.05, 0.1) is 6.61 Å². The van der Waals surface area contributed by atoms with Crippen molar-refractivity contribution < 1.29 is 14.6 Å². The molecule has 4 aliphatic carbocycles. The molecule has 0 amide bonds. The van der Waals surface area contributed by atoms with Gasteiger partial charge in [-0.25, -0.2) is 4.79 Å². The van der Waals surface area contributed by atoms with E-state index in [1.165, 1.54) is 74.1 Å². The third-order valence-electron chi connectivity index (χ3n) is 9.55. The van der Waals surface area contributed by atoms with E-state index in [9.17, 15) is 9.90 Å². The average Bonchev–Trinajstić information content (AvgIpc) is 2.89. The highest BCUT2D eigenvalue weighted by Crippen LogP contribution is 2.60. The standard InChI is InChI=1S/C34H40O3/c1-2-3-4-5-6-14-37-31-9-7-8-30(32(31)33(35)36)27-11-10-26-12-13-29(19-28(26)18-27)34-20-23-15-24(21-34)17-25(16-23)22-34/h7-13,18-19,23-25H,2-6,14-17,20-22H2,1H3,(H,35,36). The predicted molar refractivity (Wildman–Crippen MR) is 150 cm³/mol. The van der Waals surface area contributed by atoms with E-state index < -0.39 is 5.97 Å². The summed E-state index contributed by atoms with van der Waals surface area (Å²) in [6.45, 7) is 2.76. The zero-order valence-corrected chi connectivity index (χ0v) is 22.2. The van der Waals surface area contributed by atoms with Crippen molar-refractivity contribution in [2.75, 3.05) is 6.61 Å². The summed E-state index contributed by atoms with van der Waals surface area (Å²) < 4.78 is 6.00. The van der Waals surface area contributed by atoms with E-state index in [2.05, 4.69) is 43.3 Å². The maximum absolute atomic E-state index is 12.4. The van der Waals surface area contributed by atoms with Gasteiger partial charge < -0.3 is 9.84 Å². The highest BCUT2D eigenvalue weighted by atomic mass is 16.5. The second kappa shape index (κ2) is 10.2. The molecule has 4 fully saturated rings. The topological polar surface area (TPSA) is 46.5 Å². The lowest BCUT2D eigenvalue weighted by Crippen LogP contribution is -2.48. The molecule has 4 saturated carbocycles. The summed E-state index contributed by atoms with van der Waals surface area (Å²) in [5.41, 5.74) is 3.82.